The first-order chi connectivity index (χ1) is 20.0. The largest absolute Gasteiger partial charge is 0.495 e. The number of fused-ring (bicyclic) bond motifs is 3. The second-order valence-electron chi connectivity index (χ2n) is 10.6. The first-order valence-corrected chi connectivity index (χ1v) is 13.4. The molecule has 6 aromatic rings. The molecule has 202 valence electrons. The van der Waals surface area contributed by atoms with E-state index >= 15 is 0 Å². The topological polar surface area (TPSA) is 91.3 Å². The summed E-state index contributed by atoms with van der Waals surface area (Å²) < 4.78 is 17.5. The molecule has 0 spiro atoms. The first-order valence-electron chi connectivity index (χ1n) is 13.4. The van der Waals surface area contributed by atoms with Gasteiger partial charge in [-0.15, -0.1) is 10.2 Å². The minimum absolute atomic E-state index is 0.194. The molecule has 7 rings (SSSR count). The Hall–Kier alpha value is -5.24. The van der Waals surface area contributed by atoms with E-state index in [1.807, 2.05) is 48.5 Å². The number of benzene rings is 3. The summed E-state index contributed by atoms with van der Waals surface area (Å²) in [7, 11) is 1.60. The molecule has 0 unspecified atom stereocenters. The van der Waals surface area contributed by atoms with E-state index in [-0.39, 0.29) is 5.60 Å². The van der Waals surface area contributed by atoms with Crippen LogP contribution in [-0.2, 0) is 6.42 Å². The third-order valence-electron chi connectivity index (χ3n) is 7.12. The molecule has 0 amide bonds. The number of anilines is 2. The van der Waals surface area contributed by atoms with Crippen LogP contribution in [0.1, 0.15) is 19.4 Å². The van der Waals surface area contributed by atoms with Crippen molar-refractivity contribution in [3.8, 4) is 34.3 Å². The molecule has 0 saturated heterocycles. The monoisotopic (exact) mass is 541 g/mol. The zero-order valence-corrected chi connectivity index (χ0v) is 22.9. The fraction of sp³-hybridized carbons (Fsp3) is 0.152. The summed E-state index contributed by atoms with van der Waals surface area (Å²) in [5, 5.41) is 14.7. The smallest absolute Gasteiger partial charge is 0.161 e. The Balaban J connectivity index is 1.15. The second-order valence-corrected chi connectivity index (χ2v) is 10.6. The third-order valence-corrected chi connectivity index (χ3v) is 7.12. The van der Waals surface area contributed by atoms with E-state index < -0.39 is 0 Å². The lowest BCUT2D eigenvalue weighted by Crippen LogP contribution is -2.24. The van der Waals surface area contributed by atoms with E-state index in [0.717, 1.165) is 39.9 Å². The molecule has 1 N–H and O–H groups in total. The van der Waals surface area contributed by atoms with Crippen LogP contribution in [0.4, 0.5) is 11.5 Å². The summed E-state index contributed by atoms with van der Waals surface area (Å²) >= 11 is 0. The highest BCUT2D eigenvalue weighted by Gasteiger charge is 2.30. The molecule has 1 aliphatic rings. The lowest BCUT2D eigenvalue weighted by molar-refractivity contribution is 0.138. The van der Waals surface area contributed by atoms with E-state index in [2.05, 4.69) is 63.6 Å². The third kappa shape index (κ3) is 4.74. The summed E-state index contributed by atoms with van der Waals surface area (Å²) in [4.78, 5) is 8.83. The van der Waals surface area contributed by atoms with Crippen LogP contribution in [0.15, 0.2) is 91.3 Å². The predicted octanol–water partition coefficient (Wildman–Crippen LogP) is 7.50. The molecule has 41 heavy (non-hydrogen) atoms. The van der Waals surface area contributed by atoms with Crippen LogP contribution in [0.25, 0.3) is 33.1 Å². The van der Waals surface area contributed by atoms with Gasteiger partial charge in [-0.2, -0.15) is 0 Å². The average molecular weight is 542 g/mol. The van der Waals surface area contributed by atoms with Crippen molar-refractivity contribution in [2.75, 3.05) is 12.4 Å². The van der Waals surface area contributed by atoms with Crippen molar-refractivity contribution in [1.29, 1.82) is 0 Å². The van der Waals surface area contributed by atoms with Gasteiger partial charge in [0.25, 0.3) is 0 Å². The highest BCUT2D eigenvalue weighted by molar-refractivity contribution is 6.01. The Labute approximate surface area is 237 Å². The number of nitrogens with zero attached hydrogens (tertiary/aromatic N) is 4. The summed E-state index contributed by atoms with van der Waals surface area (Å²) in [6, 6.07) is 25.8. The number of aromatic nitrogens is 4. The number of methoxy groups -OCH3 is 1. The molecule has 1 aliphatic heterocycles. The van der Waals surface area contributed by atoms with E-state index in [9.17, 15) is 0 Å². The lowest BCUT2D eigenvalue weighted by atomic mass is 9.98. The lowest BCUT2D eigenvalue weighted by Gasteiger charge is -2.16. The van der Waals surface area contributed by atoms with Gasteiger partial charge in [0.1, 0.15) is 34.1 Å². The Morgan fingerprint density at radius 1 is 0.854 bits per heavy atom. The standard InChI is InChI=1S/C33H27N5O3/c1-33(2)18-21-16-20(8-13-28(21)41-33)30-25-6-4-5-7-26(25)32(38-37-30)36-22-9-11-23(12-10-22)40-29-14-15-34-27-17-24(39-3)19-35-31(27)29/h4-17,19H,18H2,1-3H3,(H,36,38). The van der Waals surface area contributed by atoms with Gasteiger partial charge in [0, 0.05) is 46.8 Å². The Morgan fingerprint density at radius 3 is 2.51 bits per heavy atom. The second kappa shape index (κ2) is 9.75. The minimum Gasteiger partial charge on any atom is -0.495 e. The van der Waals surface area contributed by atoms with Gasteiger partial charge in [0.05, 0.1) is 18.8 Å². The number of rotatable bonds is 6. The quantitative estimate of drug-likeness (QED) is 0.232. The van der Waals surface area contributed by atoms with Crippen LogP contribution in [0.2, 0.25) is 0 Å². The van der Waals surface area contributed by atoms with Crippen LogP contribution in [0, 0.1) is 0 Å². The Bertz CT molecular complexity index is 1920. The molecule has 0 atom stereocenters. The number of ether oxygens (including phenoxy) is 3. The molecule has 3 aromatic carbocycles. The van der Waals surface area contributed by atoms with E-state index in [4.69, 9.17) is 14.2 Å². The van der Waals surface area contributed by atoms with Gasteiger partial charge in [-0.05, 0) is 61.9 Å². The number of pyridine rings is 2. The maximum absolute atomic E-state index is 6.14. The van der Waals surface area contributed by atoms with Gasteiger partial charge in [-0.3, -0.25) is 4.98 Å². The number of hydrogen-bond donors (Lipinski definition) is 1. The van der Waals surface area contributed by atoms with Crippen LogP contribution >= 0.6 is 0 Å². The summed E-state index contributed by atoms with van der Waals surface area (Å²) in [6.45, 7) is 4.22. The highest BCUT2D eigenvalue weighted by atomic mass is 16.5. The van der Waals surface area contributed by atoms with Gasteiger partial charge in [-0.25, -0.2) is 4.98 Å². The fourth-order valence-electron chi connectivity index (χ4n) is 5.22. The zero-order valence-electron chi connectivity index (χ0n) is 22.9. The first kappa shape index (κ1) is 24.8. The summed E-state index contributed by atoms with van der Waals surface area (Å²) in [5.41, 5.74) is 5.10. The SMILES string of the molecule is COc1cnc2c(Oc3ccc(Nc4nnc(-c5ccc6c(c5)CC(C)(C)O6)c5ccccc45)cc3)ccnc2c1. The molecule has 0 fully saturated rings. The van der Waals surface area contributed by atoms with Crippen LogP contribution in [0.5, 0.6) is 23.0 Å². The maximum Gasteiger partial charge on any atom is 0.161 e. The van der Waals surface area contributed by atoms with Crippen LogP contribution < -0.4 is 19.5 Å². The van der Waals surface area contributed by atoms with E-state index in [1.165, 1.54) is 5.56 Å². The van der Waals surface area contributed by atoms with E-state index in [1.54, 1.807) is 25.6 Å². The Morgan fingerprint density at radius 2 is 1.68 bits per heavy atom. The molecule has 8 heteroatoms. The number of hydrogen-bond acceptors (Lipinski definition) is 8. The minimum atomic E-state index is -0.194. The van der Waals surface area contributed by atoms with Crippen molar-refractivity contribution in [2.24, 2.45) is 0 Å². The molecule has 0 bridgehead atoms. The molecule has 4 heterocycles. The maximum atomic E-state index is 6.14. The van der Waals surface area contributed by atoms with Crippen molar-refractivity contribution in [2.45, 2.75) is 25.9 Å². The summed E-state index contributed by atoms with van der Waals surface area (Å²) in [6.07, 6.45) is 4.21. The molecular formula is C33H27N5O3. The molecule has 0 radical (unpaired) electrons. The van der Waals surface area contributed by atoms with Gasteiger partial charge >= 0.3 is 0 Å². The molecule has 0 saturated carbocycles. The van der Waals surface area contributed by atoms with Crippen molar-refractivity contribution in [3.05, 3.63) is 96.8 Å². The molecule has 8 nitrogen and oxygen atoms in total. The molecule has 3 aromatic heterocycles. The van der Waals surface area contributed by atoms with Gasteiger partial charge in [0.15, 0.2) is 11.6 Å². The van der Waals surface area contributed by atoms with Gasteiger partial charge < -0.3 is 19.5 Å². The normalized spacial score (nSPS) is 13.5. The van der Waals surface area contributed by atoms with Crippen LogP contribution in [-0.4, -0.2) is 32.9 Å². The molecule has 0 aliphatic carbocycles. The van der Waals surface area contributed by atoms with Gasteiger partial charge in [0.2, 0.25) is 0 Å². The highest BCUT2D eigenvalue weighted by Crippen LogP contribution is 2.39. The van der Waals surface area contributed by atoms with Gasteiger partial charge in [-0.1, -0.05) is 24.3 Å². The van der Waals surface area contributed by atoms with Crippen molar-refractivity contribution in [3.63, 3.8) is 0 Å². The van der Waals surface area contributed by atoms with E-state index in [0.29, 0.717) is 34.1 Å². The number of nitrogens with one attached hydrogen (secondary N) is 1. The fourth-order valence-corrected chi connectivity index (χ4v) is 5.22. The van der Waals surface area contributed by atoms with Crippen LogP contribution in [0.3, 0.4) is 0 Å². The van der Waals surface area contributed by atoms with Crippen molar-refractivity contribution >= 4 is 33.3 Å². The van der Waals surface area contributed by atoms with Crippen molar-refractivity contribution < 1.29 is 14.2 Å². The predicted molar refractivity (Wildman–Crippen MR) is 159 cm³/mol. The summed E-state index contributed by atoms with van der Waals surface area (Å²) in [5.74, 6) is 3.56. The average Bonchev–Trinajstić information content (AvgIpc) is 3.31. The van der Waals surface area contributed by atoms with Crippen molar-refractivity contribution in [1.82, 2.24) is 20.2 Å². The zero-order chi connectivity index (χ0) is 28.0. The Kier molecular flexibility index (Phi) is 5.89. The molecular weight excluding hydrogens is 514 g/mol.